The number of ketones is 2. The van der Waals surface area contributed by atoms with Crippen LogP contribution in [0.5, 0.6) is 0 Å². The van der Waals surface area contributed by atoms with Crippen LogP contribution < -0.4 is 11.1 Å². The first-order chi connectivity index (χ1) is 18.3. The molecule has 0 saturated heterocycles. The number of nitrogens with one attached hydrogen (secondary N) is 1. The first-order valence-corrected chi connectivity index (χ1v) is 12.9. The number of nitrogens with two attached hydrogens (primary N) is 1. The van der Waals surface area contributed by atoms with Crippen molar-refractivity contribution >= 4 is 23.6 Å². The molecule has 10 heteroatoms. The highest BCUT2D eigenvalue weighted by Crippen LogP contribution is 2.29. The van der Waals surface area contributed by atoms with Gasteiger partial charge in [-0.05, 0) is 45.1 Å². The fraction of sp³-hybridized carbons (Fsp3) is 0.517. The molecule has 0 spiro atoms. The standard InChI is InChI=1S/C29H40N2O8/c1-15-11-20-19(5)22(32)14-21(26(20)34)31-28(35)16(2)9-8-10-23(37-6)27(39-29(30)36)18(4)13-17(3)25(33)24(12-15)38-7/h8-10,13-15,17,23-25,27,33H,11-12H2,1-7H3,(H2,30,36)(H,31,35)/b10-8?,16-9+,18-13+. The van der Waals surface area contributed by atoms with Crippen LogP contribution in [0.4, 0.5) is 4.79 Å². The summed E-state index contributed by atoms with van der Waals surface area (Å²) in [6.07, 6.45) is 4.04. The van der Waals surface area contributed by atoms with Crippen molar-refractivity contribution in [1.82, 2.24) is 5.32 Å². The molecule has 1 aliphatic heterocycles. The second-order valence-electron chi connectivity index (χ2n) is 10.2. The number of fused-ring (bicyclic) bond motifs is 2. The molecular weight excluding hydrogens is 504 g/mol. The van der Waals surface area contributed by atoms with Crippen LogP contribution in [0, 0.1) is 11.8 Å². The van der Waals surface area contributed by atoms with Gasteiger partial charge in [-0.25, -0.2) is 4.79 Å². The van der Waals surface area contributed by atoms with Crippen LogP contribution in [0.2, 0.25) is 0 Å². The van der Waals surface area contributed by atoms with Crippen LogP contribution in [-0.4, -0.2) is 67.3 Å². The molecule has 2 aliphatic rings. The van der Waals surface area contributed by atoms with Crippen LogP contribution in [0.3, 0.4) is 0 Å². The number of hydrogen-bond acceptors (Lipinski definition) is 8. The molecule has 0 radical (unpaired) electrons. The molecule has 0 aromatic carbocycles. The maximum absolute atomic E-state index is 13.2. The third-order valence-electron chi connectivity index (χ3n) is 7.07. The molecular formula is C29H40N2O8. The largest absolute Gasteiger partial charge is 0.439 e. The molecule has 6 atom stereocenters. The molecule has 0 saturated carbocycles. The highest BCUT2D eigenvalue weighted by Gasteiger charge is 2.32. The number of primary amides is 1. The molecule has 6 unspecified atom stereocenters. The van der Waals surface area contributed by atoms with Crippen LogP contribution in [0.1, 0.15) is 47.5 Å². The molecule has 4 N–H and O–H groups in total. The van der Waals surface area contributed by atoms with Crippen LogP contribution in [0.15, 0.2) is 58.4 Å². The minimum atomic E-state index is -0.993. The number of amides is 2. The first kappa shape index (κ1) is 31.9. The molecule has 1 heterocycles. The van der Waals surface area contributed by atoms with E-state index in [-0.39, 0.29) is 29.4 Å². The van der Waals surface area contributed by atoms with Crippen molar-refractivity contribution in [2.75, 3.05) is 14.2 Å². The molecule has 10 nitrogen and oxygen atoms in total. The van der Waals surface area contributed by atoms with E-state index >= 15 is 0 Å². The maximum Gasteiger partial charge on any atom is 0.405 e. The van der Waals surface area contributed by atoms with E-state index in [2.05, 4.69) is 5.32 Å². The quantitative estimate of drug-likeness (QED) is 0.362. The smallest absolute Gasteiger partial charge is 0.405 e. The van der Waals surface area contributed by atoms with Gasteiger partial charge in [-0.2, -0.15) is 0 Å². The van der Waals surface area contributed by atoms with Crippen molar-refractivity contribution in [2.45, 2.75) is 71.9 Å². The Kier molecular flexibility index (Phi) is 11.6. The summed E-state index contributed by atoms with van der Waals surface area (Å²) in [5.74, 6) is -1.87. The van der Waals surface area contributed by atoms with Gasteiger partial charge in [0.1, 0.15) is 6.10 Å². The number of hydrogen-bond donors (Lipinski definition) is 3. The summed E-state index contributed by atoms with van der Waals surface area (Å²) in [5.41, 5.74) is 6.75. The normalized spacial score (nSPS) is 32.5. The van der Waals surface area contributed by atoms with Gasteiger partial charge in [-0.1, -0.05) is 38.2 Å². The van der Waals surface area contributed by atoms with Gasteiger partial charge in [-0.3, -0.25) is 14.4 Å². The molecule has 0 aromatic heterocycles. The van der Waals surface area contributed by atoms with Crippen molar-refractivity contribution < 1.29 is 38.5 Å². The summed E-state index contributed by atoms with van der Waals surface area (Å²) < 4.78 is 16.5. The number of aliphatic hydroxyl groups is 1. The molecule has 2 rings (SSSR count). The number of carbonyl (C=O) groups is 4. The molecule has 1 aliphatic carbocycles. The number of ether oxygens (including phenoxy) is 3. The number of carbonyl (C=O) groups excluding carboxylic acids is 4. The summed E-state index contributed by atoms with van der Waals surface area (Å²) in [6, 6.07) is 0. The fourth-order valence-electron chi connectivity index (χ4n) is 4.73. The van der Waals surface area contributed by atoms with Crippen molar-refractivity contribution in [1.29, 1.82) is 0 Å². The lowest BCUT2D eigenvalue weighted by Crippen LogP contribution is -2.37. The SMILES string of the molecule is COC1C=C/C=C(\C)C(=O)NC2=CC(=O)C(C)=C(CC(C)CC(OC)C(O)C(C)/C=C(\C)C1OC(N)=O)C2=O. The Morgan fingerprint density at radius 2 is 1.77 bits per heavy atom. The van der Waals surface area contributed by atoms with E-state index in [4.69, 9.17) is 19.9 Å². The summed E-state index contributed by atoms with van der Waals surface area (Å²) in [7, 11) is 2.93. The highest BCUT2D eigenvalue weighted by atomic mass is 16.6. The second-order valence-corrected chi connectivity index (χ2v) is 10.2. The van der Waals surface area contributed by atoms with Gasteiger partial charge < -0.3 is 30.4 Å². The number of allylic oxidation sites excluding steroid dienone is 5. The Balaban J connectivity index is 2.58. The van der Waals surface area contributed by atoms with Crippen molar-refractivity contribution in [2.24, 2.45) is 17.6 Å². The summed E-state index contributed by atoms with van der Waals surface area (Å²) in [6.45, 7) is 8.60. The van der Waals surface area contributed by atoms with E-state index in [1.807, 2.05) is 13.8 Å². The van der Waals surface area contributed by atoms with Gasteiger partial charge in [-0.15, -0.1) is 0 Å². The molecule has 2 bridgehead atoms. The number of methoxy groups -OCH3 is 2. The third-order valence-corrected chi connectivity index (χ3v) is 7.07. The molecule has 39 heavy (non-hydrogen) atoms. The Morgan fingerprint density at radius 1 is 1.10 bits per heavy atom. The number of aliphatic hydroxyl groups excluding tert-OH is 1. The van der Waals surface area contributed by atoms with Gasteiger partial charge in [0.05, 0.1) is 17.9 Å². The second kappa shape index (κ2) is 14.2. The van der Waals surface area contributed by atoms with E-state index in [0.717, 1.165) is 6.08 Å². The highest BCUT2D eigenvalue weighted by molar-refractivity contribution is 6.23. The molecule has 0 aromatic rings. The summed E-state index contributed by atoms with van der Waals surface area (Å²) in [4.78, 5) is 50.4. The Hall–Kier alpha value is -3.34. The number of rotatable bonds is 3. The van der Waals surface area contributed by atoms with Crippen molar-refractivity contribution in [3.05, 3.63) is 58.4 Å². The van der Waals surface area contributed by atoms with E-state index < -0.39 is 48.1 Å². The van der Waals surface area contributed by atoms with Gasteiger partial charge >= 0.3 is 6.09 Å². The summed E-state index contributed by atoms with van der Waals surface area (Å²) in [5, 5.41) is 13.7. The van der Waals surface area contributed by atoms with Crippen molar-refractivity contribution in [3.8, 4) is 0 Å². The van der Waals surface area contributed by atoms with Crippen LogP contribution >= 0.6 is 0 Å². The van der Waals surface area contributed by atoms with E-state index in [1.54, 1.807) is 39.0 Å². The van der Waals surface area contributed by atoms with E-state index in [1.165, 1.54) is 20.3 Å². The predicted octanol–water partition coefficient (Wildman–Crippen LogP) is 2.82. The van der Waals surface area contributed by atoms with Gasteiger partial charge in [0, 0.05) is 42.9 Å². The molecule has 2 amide bonds. The fourth-order valence-corrected chi connectivity index (χ4v) is 4.73. The average Bonchev–Trinajstić information content (AvgIpc) is 2.88. The Labute approximate surface area is 229 Å². The zero-order valence-corrected chi connectivity index (χ0v) is 23.6. The minimum Gasteiger partial charge on any atom is -0.439 e. The van der Waals surface area contributed by atoms with Crippen LogP contribution in [0.25, 0.3) is 0 Å². The monoisotopic (exact) mass is 544 g/mol. The maximum atomic E-state index is 13.2. The zero-order chi connectivity index (χ0) is 29.4. The zero-order valence-electron chi connectivity index (χ0n) is 23.6. The van der Waals surface area contributed by atoms with Gasteiger partial charge in [0.15, 0.2) is 11.9 Å². The predicted molar refractivity (Wildman–Crippen MR) is 145 cm³/mol. The lowest BCUT2D eigenvalue weighted by molar-refractivity contribution is -0.120. The van der Waals surface area contributed by atoms with E-state index in [9.17, 15) is 24.3 Å². The summed E-state index contributed by atoms with van der Waals surface area (Å²) >= 11 is 0. The number of Topliss-reactive ketones (excluding diaryl/α,β-unsaturated/α-hetero) is 1. The van der Waals surface area contributed by atoms with Crippen molar-refractivity contribution in [3.63, 3.8) is 0 Å². The first-order valence-electron chi connectivity index (χ1n) is 12.9. The van der Waals surface area contributed by atoms with Gasteiger partial charge in [0.25, 0.3) is 5.91 Å². The van der Waals surface area contributed by atoms with Gasteiger partial charge in [0.2, 0.25) is 5.78 Å². The molecule has 0 fully saturated rings. The van der Waals surface area contributed by atoms with E-state index in [0.29, 0.717) is 23.1 Å². The van der Waals surface area contributed by atoms with Crippen LogP contribution in [-0.2, 0) is 28.6 Å². The third kappa shape index (κ3) is 8.32. The average molecular weight is 545 g/mol. The Bertz CT molecular complexity index is 1130. The Morgan fingerprint density at radius 3 is 2.36 bits per heavy atom. The topological polar surface area (TPSA) is 154 Å². The minimum absolute atomic E-state index is 0.0890. The lowest BCUT2D eigenvalue weighted by Gasteiger charge is -2.30. The molecule has 214 valence electrons. The lowest BCUT2D eigenvalue weighted by atomic mass is 9.84.